The first kappa shape index (κ1) is 64.6. The summed E-state index contributed by atoms with van der Waals surface area (Å²) in [6.45, 7) is 26.6. The fraction of sp³-hybridized carbons (Fsp3) is 0.153. The van der Waals surface area contributed by atoms with Crippen molar-refractivity contribution in [2.45, 2.75) is 56.8 Å². The van der Waals surface area contributed by atoms with Crippen molar-refractivity contribution in [3.05, 3.63) is 321 Å². The van der Waals surface area contributed by atoms with E-state index in [2.05, 4.69) is 49.5 Å². The molecule has 12 heteroatoms. The van der Waals surface area contributed by atoms with Gasteiger partial charge in [-0.3, -0.25) is 0 Å². The van der Waals surface area contributed by atoms with Gasteiger partial charge in [-0.25, -0.2) is 9.69 Å². The lowest BCUT2D eigenvalue weighted by Crippen LogP contribution is -2.27. The molecule has 0 N–H and O–H groups in total. The summed E-state index contributed by atoms with van der Waals surface area (Å²) in [6.07, 6.45) is 16.7. The maximum Gasteiger partial charge on any atom is 0.269 e. The quantitative estimate of drug-likeness (QED) is 0.0539. The zero-order chi connectivity index (χ0) is 67.2. The van der Waals surface area contributed by atoms with Crippen molar-refractivity contribution < 1.29 is 37.9 Å². The molecule has 0 radical (unpaired) electrons. The lowest BCUT2D eigenvalue weighted by atomic mass is 9.72. The molecule has 0 bridgehead atoms. The van der Waals surface area contributed by atoms with E-state index >= 15 is 0 Å². The second-order valence-corrected chi connectivity index (χ2v) is 24.7. The lowest BCUT2D eigenvalue weighted by molar-refractivity contribution is 0.348. The highest BCUT2D eigenvalue weighted by atomic mass is 16.5. The molecule has 10 aromatic rings. The van der Waals surface area contributed by atoms with Gasteiger partial charge in [-0.1, -0.05) is 198 Å². The Morgan fingerprint density at radius 1 is 0.340 bits per heavy atom. The summed E-state index contributed by atoms with van der Waals surface area (Å²) >= 11 is 0. The van der Waals surface area contributed by atoms with E-state index in [1.54, 1.807) is 72.8 Å². The summed E-state index contributed by atoms with van der Waals surface area (Å²) in [5.74, 6) is 3.44. The summed E-state index contributed by atoms with van der Waals surface area (Å²) in [5, 5.41) is 21.8. The maximum atomic E-state index is 10.9. The number of rotatable bonds is 24. The molecule has 0 amide bonds. The van der Waals surface area contributed by atoms with Crippen LogP contribution >= 0.6 is 0 Å². The molecule has 10 aromatic carbocycles. The number of nitrogens with zero attached hydrogens (tertiary/aromatic N) is 4. The zero-order valence-electron chi connectivity index (χ0n) is 54.2. The van der Waals surface area contributed by atoms with E-state index in [0.717, 1.165) is 44.5 Å². The first-order valence-electron chi connectivity index (χ1n) is 31.9. The van der Waals surface area contributed by atoms with Gasteiger partial charge in [0.25, 0.3) is 11.4 Å². The minimum absolute atomic E-state index is 0.158. The van der Waals surface area contributed by atoms with Crippen LogP contribution in [0.5, 0.6) is 69.0 Å². The van der Waals surface area contributed by atoms with Crippen molar-refractivity contribution in [2.75, 3.05) is 26.4 Å². The number of ether oxygens (including phenoxy) is 8. The van der Waals surface area contributed by atoms with Gasteiger partial charge in [0.15, 0.2) is 23.0 Å². The topological polar surface area (TPSA) is 130 Å². The molecule has 12 nitrogen and oxygen atoms in total. The van der Waals surface area contributed by atoms with Gasteiger partial charge in [0.1, 0.15) is 95.7 Å². The van der Waals surface area contributed by atoms with Crippen LogP contribution in [0.3, 0.4) is 0 Å². The highest BCUT2D eigenvalue weighted by Gasteiger charge is 2.57. The Morgan fingerprint density at radius 2 is 0.608 bits per heavy atom. The smallest absolute Gasteiger partial charge is 0.269 e. The van der Waals surface area contributed by atoms with Gasteiger partial charge < -0.3 is 37.9 Å². The van der Waals surface area contributed by atoms with E-state index in [1.807, 2.05) is 194 Å². The van der Waals surface area contributed by atoms with E-state index in [-0.39, 0.29) is 83.4 Å². The maximum absolute atomic E-state index is 10.9. The number of para-hydroxylation sites is 2. The van der Waals surface area contributed by atoms with E-state index in [0.29, 0.717) is 47.3 Å². The van der Waals surface area contributed by atoms with Crippen molar-refractivity contribution in [1.29, 1.82) is 10.5 Å². The molecule has 97 heavy (non-hydrogen) atoms. The monoisotopic (exact) mass is 1270 g/mol. The Hall–Kier alpha value is -12.5. The Morgan fingerprint density at radius 3 is 0.918 bits per heavy atom. The van der Waals surface area contributed by atoms with Gasteiger partial charge in [0.05, 0.1) is 13.1 Å². The highest BCUT2D eigenvalue weighted by molar-refractivity contribution is 5.73. The van der Waals surface area contributed by atoms with E-state index in [9.17, 15) is 10.5 Å². The Balaban J connectivity index is 0.966. The van der Waals surface area contributed by atoms with Crippen LogP contribution in [0, 0.1) is 35.8 Å². The number of fused-ring (bicyclic) bond motifs is 4. The van der Waals surface area contributed by atoms with Crippen molar-refractivity contribution in [2.24, 2.45) is 0 Å². The predicted molar refractivity (Wildman–Crippen MR) is 381 cm³/mol. The minimum Gasteiger partial charge on any atom is -0.500 e. The number of benzene rings is 10. The van der Waals surface area contributed by atoms with Crippen LogP contribution in [-0.2, 0) is 16.2 Å². The Kier molecular flexibility index (Phi) is 19.5. The molecule has 0 fully saturated rings. The third-order valence-electron chi connectivity index (χ3n) is 17.2. The first-order chi connectivity index (χ1) is 47.4. The number of nitriles is 2. The van der Waals surface area contributed by atoms with Crippen LogP contribution < -0.4 is 37.9 Å². The van der Waals surface area contributed by atoms with Crippen molar-refractivity contribution in [1.82, 2.24) is 0 Å². The standard InChI is InChI=1S/C85H68N4O8/c1-83(2)57-85(67-53-79(95-72-42-20-40-70(64(72)56-87)91-48-24-36-60-29-13-8-14-30-60)77(51-65(67)83)94-71-41-19-39-69(63(71)55-86)90-47-23-35-59-27-11-7-12-28-59)58-84(3,4)66-52-78(96-75-45-21-43-73(81(75)88-5)92-49-25-37-61-31-15-9-16-32-61)80(54-68(66)85)97-76-46-22-44-74(82(76)89-6)93-50-26-38-62-33-17-10-18-34-62/h7-46,51-54H,47-50,57-58H2,1-4H3/b35-23+,36-24+,37-25+,38-26+. The Labute approximate surface area is 566 Å². The van der Waals surface area contributed by atoms with Crippen LogP contribution in [0.2, 0.25) is 0 Å². The van der Waals surface area contributed by atoms with Gasteiger partial charge in [-0.15, -0.1) is 0 Å². The Bertz CT molecular complexity index is 4510. The van der Waals surface area contributed by atoms with Crippen molar-refractivity contribution in [3.63, 3.8) is 0 Å². The third kappa shape index (κ3) is 14.5. The summed E-state index contributed by atoms with van der Waals surface area (Å²) < 4.78 is 53.1. The molecule has 0 heterocycles. The molecule has 1 unspecified atom stereocenters. The molecule has 0 aliphatic heterocycles. The minimum atomic E-state index is -0.737. The molecular formula is C85H68N4O8. The van der Waals surface area contributed by atoms with Crippen LogP contribution in [0.25, 0.3) is 34.0 Å². The predicted octanol–water partition coefficient (Wildman–Crippen LogP) is 21.7. The summed E-state index contributed by atoms with van der Waals surface area (Å²) in [4.78, 5) is 7.95. The van der Waals surface area contributed by atoms with Gasteiger partial charge in [0, 0.05) is 5.41 Å². The van der Waals surface area contributed by atoms with Crippen molar-refractivity contribution >= 4 is 35.7 Å². The molecule has 0 aromatic heterocycles. The van der Waals surface area contributed by atoms with Crippen LogP contribution in [0.1, 0.15) is 96.2 Å². The SMILES string of the molecule is [C-]#[N+]c1c(OC/C=C/c2ccccc2)cccc1Oc1cc2c(cc1Oc1cccc(OC/C=C/c3ccccc3)c1[N+]#[C-])C1(CC(C)(C)c3cc(Oc4cccc(OC/C=C/c5ccccc5)c4C#N)c(Oc4cccc(OC/C=C/c5ccccc5)c4C#N)cc31)CC2(C)C. The lowest BCUT2D eigenvalue weighted by Gasteiger charge is -2.31. The average molecular weight is 1270 g/mol. The largest absolute Gasteiger partial charge is 0.500 e. The molecule has 0 saturated heterocycles. The van der Waals surface area contributed by atoms with Crippen LogP contribution in [0.15, 0.2) is 243 Å². The normalized spacial score (nSPS) is 14.7. The molecule has 1 atom stereocenters. The molecule has 2 aliphatic rings. The molecule has 0 saturated carbocycles. The van der Waals surface area contributed by atoms with Crippen LogP contribution in [-0.4, -0.2) is 26.4 Å². The summed E-state index contributed by atoms with van der Waals surface area (Å²) in [7, 11) is 0. The zero-order valence-corrected chi connectivity index (χ0v) is 54.2. The number of hydrogen-bond acceptors (Lipinski definition) is 10. The van der Waals surface area contributed by atoms with E-state index < -0.39 is 16.2 Å². The van der Waals surface area contributed by atoms with Gasteiger partial charge >= 0.3 is 0 Å². The van der Waals surface area contributed by atoms with Gasteiger partial charge in [0.2, 0.25) is 0 Å². The average Bonchev–Trinajstić information content (AvgIpc) is 1.52. The summed E-state index contributed by atoms with van der Waals surface area (Å²) in [5.41, 5.74) is 6.82. The first-order valence-corrected chi connectivity index (χ1v) is 31.9. The van der Waals surface area contributed by atoms with Crippen LogP contribution in [0.4, 0.5) is 11.4 Å². The second-order valence-electron chi connectivity index (χ2n) is 24.7. The molecular weight excluding hydrogens is 1200 g/mol. The third-order valence-corrected chi connectivity index (χ3v) is 17.2. The fourth-order valence-corrected chi connectivity index (χ4v) is 12.9. The molecule has 1 spiro atoms. The van der Waals surface area contributed by atoms with Gasteiger partial charge in [-0.2, -0.15) is 10.5 Å². The molecule has 12 rings (SSSR count). The fourth-order valence-electron chi connectivity index (χ4n) is 12.9. The highest BCUT2D eigenvalue weighted by Crippen LogP contribution is 2.66. The van der Waals surface area contributed by atoms with Crippen molar-refractivity contribution in [3.8, 4) is 81.1 Å². The number of hydrogen-bond donors (Lipinski definition) is 0. The second kappa shape index (κ2) is 29.2. The van der Waals surface area contributed by atoms with Gasteiger partial charge in [-0.05, 0) is 165 Å². The summed E-state index contributed by atoms with van der Waals surface area (Å²) in [6, 6.07) is 73.4. The molecule has 476 valence electrons. The molecule has 2 aliphatic carbocycles. The van der Waals surface area contributed by atoms with E-state index in [4.69, 9.17) is 51.0 Å². The van der Waals surface area contributed by atoms with E-state index in [1.165, 1.54) is 0 Å².